The highest BCUT2D eigenvalue weighted by atomic mass is 16.5. The molecule has 3 amide bonds. The second-order valence-corrected chi connectivity index (χ2v) is 7.93. The molecule has 3 aromatic rings. The number of methoxy groups -OCH3 is 1. The molecule has 0 spiro atoms. The molecule has 2 atom stereocenters. The topological polar surface area (TPSA) is 70.7 Å². The van der Waals surface area contributed by atoms with Crippen LogP contribution in [0.4, 0.5) is 16.2 Å². The number of carbonyl (C=O) groups is 2. The average molecular weight is 430 g/mol. The number of ether oxygens (including phenoxy) is 1. The Morgan fingerprint density at radius 1 is 0.844 bits per heavy atom. The van der Waals surface area contributed by atoms with Crippen LogP contribution in [0.25, 0.3) is 0 Å². The number of hydrogen-bond donors (Lipinski definition) is 2. The molecule has 0 radical (unpaired) electrons. The SMILES string of the molecule is COc1ccccc1NC(=O)N1CC(C(=O)Nc2ccccc2)CC(c2ccccc2)C1. The molecule has 0 bridgehead atoms. The molecule has 164 valence electrons. The van der Waals surface area contributed by atoms with E-state index >= 15 is 0 Å². The Kier molecular flexibility index (Phi) is 6.70. The van der Waals surface area contributed by atoms with Gasteiger partial charge in [0.1, 0.15) is 5.75 Å². The van der Waals surface area contributed by atoms with Crippen molar-refractivity contribution in [2.75, 3.05) is 30.8 Å². The third-order valence-electron chi connectivity index (χ3n) is 5.77. The van der Waals surface area contributed by atoms with Crippen LogP contribution < -0.4 is 15.4 Å². The van der Waals surface area contributed by atoms with Gasteiger partial charge in [-0.15, -0.1) is 0 Å². The second kappa shape index (κ2) is 10.0. The van der Waals surface area contributed by atoms with Crippen molar-refractivity contribution in [2.24, 2.45) is 5.92 Å². The lowest BCUT2D eigenvalue weighted by Gasteiger charge is -2.37. The number of urea groups is 1. The van der Waals surface area contributed by atoms with Crippen LogP contribution in [0, 0.1) is 5.92 Å². The second-order valence-electron chi connectivity index (χ2n) is 7.93. The van der Waals surface area contributed by atoms with Crippen LogP contribution in [0.3, 0.4) is 0 Å². The van der Waals surface area contributed by atoms with Gasteiger partial charge < -0.3 is 20.3 Å². The van der Waals surface area contributed by atoms with Gasteiger partial charge in [-0.1, -0.05) is 60.7 Å². The summed E-state index contributed by atoms with van der Waals surface area (Å²) in [6, 6.07) is 26.5. The summed E-state index contributed by atoms with van der Waals surface area (Å²) in [6.45, 7) is 0.892. The Bertz CT molecular complexity index is 1060. The van der Waals surface area contributed by atoms with Crippen LogP contribution in [-0.2, 0) is 4.79 Å². The standard InChI is InChI=1S/C26H27N3O3/c1-32-24-15-9-8-14-23(24)28-26(31)29-17-20(19-10-4-2-5-11-19)16-21(18-29)25(30)27-22-12-6-3-7-13-22/h2-15,20-21H,16-18H2,1H3,(H,27,30)(H,28,31). The zero-order chi connectivity index (χ0) is 22.3. The Balaban J connectivity index is 1.54. The Morgan fingerprint density at radius 3 is 2.22 bits per heavy atom. The Morgan fingerprint density at radius 2 is 1.50 bits per heavy atom. The minimum atomic E-state index is -0.322. The number of para-hydroxylation sites is 3. The lowest BCUT2D eigenvalue weighted by atomic mass is 9.84. The quantitative estimate of drug-likeness (QED) is 0.601. The molecule has 1 saturated heterocycles. The van der Waals surface area contributed by atoms with Crippen molar-refractivity contribution in [3.63, 3.8) is 0 Å². The van der Waals surface area contributed by atoms with Gasteiger partial charge in [0, 0.05) is 24.7 Å². The van der Waals surface area contributed by atoms with Gasteiger partial charge in [-0.25, -0.2) is 4.79 Å². The molecule has 2 N–H and O–H groups in total. The molecular weight excluding hydrogens is 402 g/mol. The number of rotatable bonds is 5. The third-order valence-corrected chi connectivity index (χ3v) is 5.77. The van der Waals surface area contributed by atoms with Gasteiger partial charge in [-0.2, -0.15) is 0 Å². The van der Waals surface area contributed by atoms with E-state index in [1.165, 1.54) is 0 Å². The molecule has 0 saturated carbocycles. The van der Waals surface area contributed by atoms with E-state index in [9.17, 15) is 9.59 Å². The van der Waals surface area contributed by atoms with E-state index in [4.69, 9.17) is 4.74 Å². The smallest absolute Gasteiger partial charge is 0.321 e. The van der Waals surface area contributed by atoms with Crippen molar-refractivity contribution in [1.82, 2.24) is 4.90 Å². The predicted molar refractivity (Wildman–Crippen MR) is 126 cm³/mol. The van der Waals surface area contributed by atoms with E-state index in [0.717, 1.165) is 11.3 Å². The summed E-state index contributed by atoms with van der Waals surface area (Å²) in [4.78, 5) is 28.0. The molecule has 0 aromatic heterocycles. The van der Waals surface area contributed by atoms with E-state index in [-0.39, 0.29) is 23.8 Å². The van der Waals surface area contributed by atoms with Gasteiger partial charge in [0.2, 0.25) is 5.91 Å². The maximum atomic E-state index is 13.2. The van der Waals surface area contributed by atoms with Gasteiger partial charge in [0.05, 0.1) is 18.7 Å². The molecule has 3 aromatic carbocycles. The van der Waals surface area contributed by atoms with Crippen molar-refractivity contribution in [3.05, 3.63) is 90.5 Å². The highest BCUT2D eigenvalue weighted by molar-refractivity contribution is 5.94. The molecular formula is C26H27N3O3. The van der Waals surface area contributed by atoms with E-state index in [0.29, 0.717) is 30.9 Å². The van der Waals surface area contributed by atoms with Crippen molar-refractivity contribution in [3.8, 4) is 5.75 Å². The number of amides is 3. The number of carbonyl (C=O) groups excluding carboxylic acids is 2. The molecule has 1 aliphatic rings. The van der Waals surface area contributed by atoms with Gasteiger partial charge in [-0.3, -0.25) is 4.79 Å². The van der Waals surface area contributed by atoms with E-state index in [1.54, 1.807) is 24.1 Å². The zero-order valence-electron chi connectivity index (χ0n) is 18.0. The highest BCUT2D eigenvalue weighted by Crippen LogP contribution is 2.32. The molecule has 1 heterocycles. The van der Waals surface area contributed by atoms with Crippen LogP contribution in [0.5, 0.6) is 5.75 Å². The van der Waals surface area contributed by atoms with E-state index in [1.807, 2.05) is 60.7 Å². The van der Waals surface area contributed by atoms with Crippen molar-refractivity contribution >= 4 is 23.3 Å². The fourth-order valence-corrected chi connectivity index (χ4v) is 4.13. The summed E-state index contributed by atoms with van der Waals surface area (Å²) in [5, 5.41) is 5.94. The van der Waals surface area contributed by atoms with E-state index in [2.05, 4.69) is 22.8 Å². The van der Waals surface area contributed by atoms with Crippen LogP contribution in [0.1, 0.15) is 17.9 Å². The molecule has 32 heavy (non-hydrogen) atoms. The van der Waals surface area contributed by atoms with Gasteiger partial charge in [0.25, 0.3) is 0 Å². The normalized spacial score (nSPS) is 18.0. The number of likely N-dealkylation sites (tertiary alicyclic amines) is 1. The maximum Gasteiger partial charge on any atom is 0.321 e. The average Bonchev–Trinajstić information content (AvgIpc) is 2.85. The lowest BCUT2D eigenvalue weighted by molar-refractivity contribution is -0.121. The molecule has 6 nitrogen and oxygen atoms in total. The monoisotopic (exact) mass is 429 g/mol. The minimum absolute atomic E-state index is 0.0693. The number of anilines is 2. The minimum Gasteiger partial charge on any atom is -0.495 e. The summed E-state index contributed by atoms with van der Waals surface area (Å²) in [6.07, 6.45) is 0.682. The summed E-state index contributed by atoms with van der Waals surface area (Å²) in [5.41, 5.74) is 2.48. The largest absolute Gasteiger partial charge is 0.495 e. The molecule has 4 rings (SSSR count). The van der Waals surface area contributed by atoms with Crippen LogP contribution >= 0.6 is 0 Å². The number of nitrogens with zero attached hydrogens (tertiary/aromatic N) is 1. The van der Waals surface area contributed by atoms with Gasteiger partial charge in [0.15, 0.2) is 0 Å². The van der Waals surface area contributed by atoms with Crippen LogP contribution in [0.2, 0.25) is 0 Å². The Hall–Kier alpha value is -3.80. The van der Waals surface area contributed by atoms with Crippen molar-refractivity contribution in [1.29, 1.82) is 0 Å². The first-order valence-corrected chi connectivity index (χ1v) is 10.7. The zero-order valence-corrected chi connectivity index (χ0v) is 18.0. The maximum absolute atomic E-state index is 13.2. The van der Waals surface area contributed by atoms with Crippen LogP contribution in [-0.4, -0.2) is 37.0 Å². The lowest BCUT2D eigenvalue weighted by Crippen LogP contribution is -2.48. The first-order chi connectivity index (χ1) is 15.6. The highest BCUT2D eigenvalue weighted by Gasteiger charge is 2.34. The number of piperidine rings is 1. The fourth-order valence-electron chi connectivity index (χ4n) is 4.13. The number of benzene rings is 3. The molecule has 0 aliphatic carbocycles. The van der Waals surface area contributed by atoms with Crippen molar-refractivity contribution < 1.29 is 14.3 Å². The van der Waals surface area contributed by atoms with Gasteiger partial charge in [-0.05, 0) is 36.2 Å². The molecule has 6 heteroatoms. The summed E-state index contributed by atoms with van der Waals surface area (Å²) in [7, 11) is 1.57. The molecule has 1 aliphatic heterocycles. The first kappa shape index (κ1) is 21.4. The fraction of sp³-hybridized carbons (Fsp3) is 0.231. The first-order valence-electron chi connectivity index (χ1n) is 10.7. The predicted octanol–water partition coefficient (Wildman–Crippen LogP) is 4.97. The number of hydrogen-bond acceptors (Lipinski definition) is 3. The van der Waals surface area contributed by atoms with Crippen LogP contribution in [0.15, 0.2) is 84.9 Å². The number of nitrogens with one attached hydrogen (secondary N) is 2. The summed E-state index contributed by atoms with van der Waals surface area (Å²) in [5.74, 6) is 0.264. The van der Waals surface area contributed by atoms with Gasteiger partial charge >= 0.3 is 6.03 Å². The third kappa shape index (κ3) is 5.09. The molecule has 2 unspecified atom stereocenters. The van der Waals surface area contributed by atoms with E-state index < -0.39 is 0 Å². The summed E-state index contributed by atoms with van der Waals surface area (Å²) >= 11 is 0. The van der Waals surface area contributed by atoms with Crippen molar-refractivity contribution in [2.45, 2.75) is 12.3 Å². The summed E-state index contributed by atoms with van der Waals surface area (Å²) < 4.78 is 5.35. The molecule has 1 fully saturated rings. The Labute approximate surface area is 188 Å².